The first-order chi connectivity index (χ1) is 10.1. The van der Waals surface area contributed by atoms with E-state index in [2.05, 4.69) is 0 Å². The summed E-state index contributed by atoms with van der Waals surface area (Å²) in [5.74, 6) is 0.200. The summed E-state index contributed by atoms with van der Waals surface area (Å²) >= 11 is 1.98. The van der Waals surface area contributed by atoms with Crippen LogP contribution in [-0.2, 0) is 6.42 Å². The maximum absolute atomic E-state index is 13.2. The number of furan rings is 1. The van der Waals surface area contributed by atoms with Gasteiger partial charge in [0.05, 0.1) is 5.56 Å². The lowest BCUT2D eigenvalue weighted by atomic mass is 9.99. The van der Waals surface area contributed by atoms with Crippen molar-refractivity contribution in [3.05, 3.63) is 68.7 Å². The summed E-state index contributed by atoms with van der Waals surface area (Å²) in [7, 11) is 0. The van der Waals surface area contributed by atoms with Gasteiger partial charge >= 0.3 is 0 Å². The van der Waals surface area contributed by atoms with Gasteiger partial charge < -0.3 is 4.42 Å². The van der Waals surface area contributed by atoms with Crippen molar-refractivity contribution in [3.63, 3.8) is 0 Å². The fourth-order valence-electron chi connectivity index (χ4n) is 2.40. The van der Waals surface area contributed by atoms with E-state index in [1.807, 2.05) is 53.8 Å². The summed E-state index contributed by atoms with van der Waals surface area (Å²) in [6.45, 7) is 1.95. The third kappa shape index (κ3) is 2.48. The fraction of sp³-hybridized carbons (Fsp3) is 0.118. The molecule has 0 aliphatic carbocycles. The molecule has 0 aliphatic heterocycles. The second-order valence-corrected chi connectivity index (χ2v) is 5.87. The van der Waals surface area contributed by atoms with Crippen LogP contribution in [0.25, 0.3) is 11.0 Å². The monoisotopic (exact) mass is 394 g/mol. The molecule has 0 N–H and O–H groups in total. The van der Waals surface area contributed by atoms with E-state index in [4.69, 9.17) is 4.42 Å². The largest absolute Gasteiger partial charge is 0.460 e. The van der Waals surface area contributed by atoms with Crippen molar-refractivity contribution in [2.45, 2.75) is 13.3 Å². The first-order valence-corrected chi connectivity index (χ1v) is 7.70. The lowest BCUT2D eigenvalue weighted by Gasteiger charge is -2.04. The van der Waals surface area contributed by atoms with Gasteiger partial charge in [-0.3, -0.25) is 4.79 Å². The molecule has 0 radical (unpaired) electrons. The van der Waals surface area contributed by atoms with Crippen molar-refractivity contribution >= 4 is 39.3 Å². The molecule has 2 aromatic carbocycles. The van der Waals surface area contributed by atoms with Crippen LogP contribution in [0.5, 0.6) is 0 Å². The van der Waals surface area contributed by atoms with Crippen molar-refractivity contribution in [2.75, 3.05) is 0 Å². The van der Waals surface area contributed by atoms with Gasteiger partial charge in [-0.1, -0.05) is 25.1 Å². The Balaban J connectivity index is 2.21. The number of ketones is 1. The topological polar surface area (TPSA) is 30.2 Å². The molecule has 0 fully saturated rings. The first-order valence-electron chi connectivity index (χ1n) is 6.62. The van der Waals surface area contributed by atoms with Crippen molar-refractivity contribution in [3.8, 4) is 0 Å². The Morgan fingerprint density at radius 1 is 1.24 bits per heavy atom. The maximum atomic E-state index is 13.2. The van der Waals surface area contributed by atoms with Crippen molar-refractivity contribution < 1.29 is 13.6 Å². The van der Waals surface area contributed by atoms with Crippen molar-refractivity contribution in [1.29, 1.82) is 0 Å². The molecule has 1 aromatic heterocycles. The second-order valence-electron chi connectivity index (χ2n) is 4.70. The van der Waals surface area contributed by atoms with E-state index in [0.717, 1.165) is 5.39 Å². The third-order valence-corrected chi connectivity index (χ3v) is 4.28. The minimum absolute atomic E-state index is 0.124. The van der Waals surface area contributed by atoms with Crippen LogP contribution in [0.3, 0.4) is 0 Å². The normalized spacial score (nSPS) is 11.0. The van der Waals surface area contributed by atoms with E-state index in [1.54, 1.807) is 0 Å². The number of hydrogen-bond donors (Lipinski definition) is 0. The number of hydrogen-bond acceptors (Lipinski definition) is 2. The molecule has 106 valence electrons. The standard InChI is InChI=1S/C17H12FIO2/c1-2-14-16(12-5-3-4-6-15(12)21-14)17(20)11-8-7-10(18)9-13(11)19/h3-9H,2H2,1H3. The Bertz CT molecular complexity index is 836. The summed E-state index contributed by atoms with van der Waals surface area (Å²) in [6.07, 6.45) is 0.632. The quantitative estimate of drug-likeness (QED) is 0.464. The molecule has 0 aliphatic rings. The number of carbonyl (C=O) groups is 1. The zero-order valence-corrected chi connectivity index (χ0v) is 13.5. The van der Waals surface area contributed by atoms with Gasteiger partial charge in [0.1, 0.15) is 17.2 Å². The number of para-hydroxylation sites is 1. The van der Waals surface area contributed by atoms with Gasteiger partial charge in [0.25, 0.3) is 0 Å². The minimum atomic E-state index is -0.344. The van der Waals surface area contributed by atoms with E-state index in [0.29, 0.717) is 32.5 Å². The summed E-state index contributed by atoms with van der Waals surface area (Å²) < 4.78 is 19.6. The number of rotatable bonds is 3. The van der Waals surface area contributed by atoms with Gasteiger partial charge in [0.2, 0.25) is 0 Å². The van der Waals surface area contributed by atoms with Gasteiger partial charge in [-0.2, -0.15) is 0 Å². The van der Waals surface area contributed by atoms with Crippen LogP contribution in [0.15, 0.2) is 46.9 Å². The van der Waals surface area contributed by atoms with Crippen LogP contribution in [-0.4, -0.2) is 5.78 Å². The number of aryl methyl sites for hydroxylation is 1. The van der Waals surface area contributed by atoms with Crippen LogP contribution in [0.4, 0.5) is 4.39 Å². The van der Waals surface area contributed by atoms with Crippen molar-refractivity contribution in [2.24, 2.45) is 0 Å². The average Bonchev–Trinajstić information content (AvgIpc) is 2.85. The second kappa shape index (κ2) is 5.60. The Morgan fingerprint density at radius 3 is 2.71 bits per heavy atom. The maximum Gasteiger partial charge on any atom is 0.198 e. The Labute approximate surface area is 135 Å². The highest BCUT2D eigenvalue weighted by Gasteiger charge is 2.22. The fourth-order valence-corrected chi connectivity index (χ4v) is 3.12. The molecule has 0 amide bonds. The van der Waals surface area contributed by atoms with Gasteiger partial charge in [-0.15, -0.1) is 0 Å². The number of benzene rings is 2. The number of carbonyl (C=O) groups excluding carboxylic acids is 1. The molecule has 0 bridgehead atoms. The Hall–Kier alpha value is -1.69. The average molecular weight is 394 g/mol. The molecule has 3 aromatic rings. The molecular formula is C17H12FIO2. The van der Waals surface area contributed by atoms with Gasteiger partial charge in [0, 0.05) is 20.9 Å². The van der Waals surface area contributed by atoms with E-state index < -0.39 is 0 Å². The smallest absolute Gasteiger partial charge is 0.198 e. The molecule has 0 saturated carbocycles. The van der Waals surface area contributed by atoms with E-state index in [1.165, 1.54) is 18.2 Å². The van der Waals surface area contributed by atoms with E-state index >= 15 is 0 Å². The molecule has 0 atom stereocenters. The van der Waals surface area contributed by atoms with Crippen LogP contribution >= 0.6 is 22.6 Å². The van der Waals surface area contributed by atoms with Crippen molar-refractivity contribution in [1.82, 2.24) is 0 Å². The van der Waals surface area contributed by atoms with Crippen LogP contribution in [0.1, 0.15) is 28.6 Å². The predicted octanol–water partition coefficient (Wildman–Crippen LogP) is 4.97. The van der Waals surface area contributed by atoms with Gasteiger partial charge in [0.15, 0.2) is 5.78 Å². The molecule has 0 unspecified atom stereocenters. The number of halogens is 2. The molecule has 4 heteroatoms. The summed E-state index contributed by atoms with van der Waals surface area (Å²) in [6, 6.07) is 11.7. The molecule has 21 heavy (non-hydrogen) atoms. The van der Waals surface area contributed by atoms with E-state index in [-0.39, 0.29) is 11.6 Å². The lowest BCUT2D eigenvalue weighted by molar-refractivity contribution is 0.103. The molecule has 0 spiro atoms. The minimum Gasteiger partial charge on any atom is -0.460 e. The zero-order valence-electron chi connectivity index (χ0n) is 11.3. The molecule has 0 saturated heterocycles. The summed E-state index contributed by atoms with van der Waals surface area (Å²) in [4.78, 5) is 12.8. The highest BCUT2D eigenvalue weighted by atomic mass is 127. The SMILES string of the molecule is CCc1oc2ccccc2c1C(=O)c1ccc(F)cc1I. The molecular weight excluding hydrogens is 382 g/mol. The zero-order chi connectivity index (χ0) is 15.0. The predicted molar refractivity (Wildman–Crippen MR) is 88.1 cm³/mol. The summed E-state index contributed by atoms with van der Waals surface area (Å²) in [5, 5.41) is 0.805. The molecule has 2 nitrogen and oxygen atoms in total. The van der Waals surface area contributed by atoms with Crippen LogP contribution in [0.2, 0.25) is 0 Å². The Morgan fingerprint density at radius 2 is 2.00 bits per heavy atom. The van der Waals surface area contributed by atoms with Gasteiger partial charge in [-0.25, -0.2) is 4.39 Å². The number of fused-ring (bicyclic) bond motifs is 1. The first kappa shape index (κ1) is 14.3. The van der Waals surface area contributed by atoms with E-state index in [9.17, 15) is 9.18 Å². The molecule has 1 heterocycles. The Kier molecular flexibility index (Phi) is 3.80. The van der Waals surface area contributed by atoms with Crippen LogP contribution in [0, 0.1) is 9.39 Å². The summed E-state index contributed by atoms with van der Waals surface area (Å²) in [5.41, 5.74) is 1.78. The third-order valence-electron chi connectivity index (χ3n) is 3.39. The highest BCUT2D eigenvalue weighted by Crippen LogP contribution is 2.29. The van der Waals surface area contributed by atoms with Gasteiger partial charge in [-0.05, 0) is 46.9 Å². The highest BCUT2D eigenvalue weighted by molar-refractivity contribution is 14.1. The lowest BCUT2D eigenvalue weighted by Crippen LogP contribution is -2.06. The van der Waals surface area contributed by atoms with Crippen LogP contribution < -0.4 is 0 Å². The molecule has 3 rings (SSSR count).